The molecule has 1 aromatic rings. The van der Waals surface area contributed by atoms with Gasteiger partial charge in [-0.3, -0.25) is 4.98 Å². The van der Waals surface area contributed by atoms with Crippen LogP contribution in [0.25, 0.3) is 0 Å². The van der Waals surface area contributed by atoms with E-state index in [1.165, 1.54) is 32.1 Å². The maximum atomic E-state index is 6.49. The molecule has 3 heteroatoms. The summed E-state index contributed by atoms with van der Waals surface area (Å²) < 4.78 is 5.72. The fourth-order valence-corrected chi connectivity index (χ4v) is 3.26. The van der Waals surface area contributed by atoms with Crippen molar-refractivity contribution in [2.24, 2.45) is 17.6 Å². The van der Waals surface area contributed by atoms with E-state index in [-0.39, 0.29) is 12.1 Å². The molecule has 0 radical (unpaired) electrons. The lowest BCUT2D eigenvalue weighted by molar-refractivity contribution is 0.227. The van der Waals surface area contributed by atoms with Gasteiger partial charge in [0, 0.05) is 12.2 Å². The van der Waals surface area contributed by atoms with Gasteiger partial charge in [0.05, 0.1) is 12.3 Å². The summed E-state index contributed by atoms with van der Waals surface area (Å²) in [5, 5.41) is 0. The van der Waals surface area contributed by atoms with Crippen LogP contribution in [-0.2, 0) is 0 Å². The Hall–Kier alpha value is -1.09. The Bertz CT molecular complexity index is 419. The van der Waals surface area contributed by atoms with E-state index in [2.05, 4.69) is 18.0 Å². The Labute approximate surface area is 122 Å². The highest BCUT2D eigenvalue weighted by molar-refractivity contribution is 5.26. The predicted molar refractivity (Wildman–Crippen MR) is 82.7 cm³/mol. The predicted octanol–water partition coefficient (Wildman–Crippen LogP) is 4.09. The standard InChI is InChI=1S/C17H28N2O/c1-4-13-6-5-7-14(8-13)17(18)15-9-16(11-19-10-15)20-12(2)3/h9-14,17H,4-8,18H2,1-3H3. The monoisotopic (exact) mass is 276 g/mol. The third kappa shape index (κ3) is 3.95. The van der Waals surface area contributed by atoms with E-state index in [4.69, 9.17) is 10.5 Å². The third-order valence-corrected chi connectivity index (χ3v) is 4.40. The fraction of sp³-hybridized carbons (Fsp3) is 0.706. The van der Waals surface area contributed by atoms with Crippen LogP contribution in [0.5, 0.6) is 5.75 Å². The van der Waals surface area contributed by atoms with Gasteiger partial charge in [-0.1, -0.05) is 26.2 Å². The van der Waals surface area contributed by atoms with Crippen LogP contribution < -0.4 is 10.5 Å². The normalized spacial score (nSPS) is 24.6. The number of hydrogen-bond acceptors (Lipinski definition) is 3. The molecule has 1 aromatic heterocycles. The van der Waals surface area contributed by atoms with E-state index in [1.807, 2.05) is 20.0 Å². The van der Waals surface area contributed by atoms with Crippen molar-refractivity contribution in [3.8, 4) is 5.75 Å². The zero-order valence-corrected chi connectivity index (χ0v) is 13.0. The molecular formula is C17H28N2O. The average molecular weight is 276 g/mol. The quantitative estimate of drug-likeness (QED) is 0.881. The summed E-state index contributed by atoms with van der Waals surface area (Å²) in [6, 6.07) is 2.15. The van der Waals surface area contributed by atoms with Crippen molar-refractivity contribution in [1.29, 1.82) is 0 Å². The van der Waals surface area contributed by atoms with Crippen molar-refractivity contribution in [2.75, 3.05) is 0 Å². The second kappa shape index (κ2) is 7.07. The zero-order valence-electron chi connectivity index (χ0n) is 13.0. The van der Waals surface area contributed by atoms with Gasteiger partial charge in [-0.2, -0.15) is 0 Å². The molecule has 0 bridgehead atoms. The van der Waals surface area contributed by atoms with Crippen molar-refractivity contribution in [1.82, 2.24) is 4.98 Å². The smallest absolute Gasteiger partial charge is 0.138 e. The highest BCUT2D eigenvalue weighted by atomic mass is 16.5. The number of nitrogens with zero attached hydrogens (tertiary/aromatic N) is 1. The van der Waals surface area contributed by atoms with Gasteiger partial charge >= 0.3 is 0 Å². The van der Waals surface area contributed by atoms with Crippen LogP contribution in [0.15, 0.2) is 18.5 Å². The zero-order chi connectivity index (χ0) is 14.5. The molecule has 3 atom stereocenters. The van der Waals surface area contributed by atoms with E-state index < -0.39 is 0 Å². The lowest BCUT2D eigenvalue weighted by Gasteiger charge is -2.32. The van der Waals surface area contributed by atoms with Gasteiger partial charge in [-0.15, -0.1) is 0 Å². The number of rotatable bonds is 5. The van der Waals surface area contributed by atoms with E-state index >= 15 is 0 Å². The molecule has 1 fully saturated rings. The van der Waals surface area contributed by atoms with Crippen molar-refractivity contribution in [2.45, 2.75) is 65.0 Å². The Morgan fingerprint density at radius 2 is 2.15 bits per heavy atom. The molecule has 2 N–H and O–H groups in total. The number of ether oxygens (including phenoxy) is 1. The first-order valence-corrected chi connectivity index (χ1v) is 7.97. The van der Waals surface area contributed by atoms with Gasteiger partial charge in [0.1, 0.15) is 5.75 Å². The summed E-state index contributed by atoms with van der Waals surface area (Å²) >= 11 is 0. The molecule has 0 aromatic carbocycles. The van der Waals surface area contributed by atoms with E-state index in [0.717, 1.165) is 17.2 Å². The SMILES string of the molecule is CCC1CCCC(C(N)c2cncc(OC(C)C)c2)C1. The molecule has 1 aliphatic rings. The minimum atomic E-state index is 0.0903. The van der Waals surface area contributed by atoms with Gasteiger partial charge in [-0.05, 0) is 50.2 Å². The maximum Gasteiger partial charge on any atom is 0.138 e. The molecule has 2 rings (SSSR count). The van der Waals surface area contributed by atoms with Crippen LogP contribution in [-0.4, -0.2) is 11.1 Å². The molecule has 0 amide bonds. The van der Waals surface area contributed by atoms with Crippen LogP contribution >= 0.6 is 0 Å². The van der Waals surface area contributed by atoms with Crippen LogP contribution in [0.1, 0.15) is 64.5 Å². The third-order valence-electron chi connectivity index (χ3n) is 4.40. The van der Waals surface area contributed by atoms with E-state index in [0.29, 0.717) is 5.92 Å². The second-order valence-electron chi connectivity index (χ2n) is 6.35. The molecule has 0 aliphatic heterocycles. The highest BCUT2D eigenvalue weighted by Crippen LogP contribution is 2.37. The van der Waals surface area contributed by atoms with Crippen molar-refractivity contribution in [3.63, 3.8) is 0 Å². The molecule has 0 saturated heterocycles. The van der Waals surface area contributed by atoms with E-state index in [9.17, 15) is 0 Å². The lowest BCUT2D eigenvalue weighted by Crippen LogP contribution is -2.27. The van der Waals surface area contributed by atoms with E-state index in [1.54, 1.807) is 6.20 Å². The molecule has 0 spiro atoms. The van der Waals surface area contributed by atoms with Crippen LogP contribution in [0, 0.1) is 11.8 Å². The van der Waals surface area contributed by atoms with Crippen molar-refractivity contribution >= 4 is 0 Å². The van der Waals surface area contributed by atoms with Gasteiger partial charge in [0.15, 0.2) is 0 Å². The summed E-state index contributed by atoms with van der Waals surface area (Å²) in [4.78, 5) is 4.29. The number of hydrogen-bond donors (Lipinski definition) is 1. The van der Waals surface area contributed by atoms with Gasteiger partial charge in [0.25, 0.3) is 0 Å². The minimum Gasteiger partial charge on any atom is -0.489 e. The number of nitrogens with two attached hydrogens (primary N) is 1. The summed E-state index contributed by atoms with van der Waals surface area (Å²) in [5.74, 6) is 2.27. The highest BCUT2D eigenvalue weighted by Gasteiger charge is 2.26. The molecule has 1 saturated carbocycles. The van der Waals surface area contributed by atoms with Crippen LogP contribution in [0.3, 0.4) is 0 Å². The minimum absolute atomic E-state index is 0.0903. The first-order chi connectivity index (χ1) is 9.60. The van der Waals surface area contributed by atoms with Crippen LogP contribution in [0.4, 0.5) is 0 Å². The second-order valence-corrected chi connectivity index (χ2v) is 6.35. The molecular weight excluding hydrogens is 248 g/mol. The van der Waals surface area contributed by atoms with Crippen molar-refractivity contribution in [3.05, 3.63) is 24.0 Å². The summed E-state index contributed by atoms with van der Waals surface area (Å²) in [6.07, 6.45) is 10.3. The fourth-order valence-electron chi connectivity index (χ4n) is 3.26. The van der Waals surface area contributed by atoms with Gasteiger partial charge < -0.3 is 10.5 Å². The molecule has 3 unspecified atom stereocenters. The topological polar surface area (TPSA) is 48.1 Å². The summed E-state index contributed by atoms with van der Waals surface area (Å²) in [5.41, 5.74) is 7.61. The number of pyridine rings is 1. The summed E-state index contributed by atoms with van der Waals surface area (Å²) in [6.45, 7) is 6.34. The first kappa shape index (κ1) is 15.3. The Morgan fingerprint density at radius 1 is 1.35 bits per heavy atom. The van der Waals surface area contributed by atoms with Gasteiger partial charge in [0.2, 0.25) is 0 Å². The average Bonchev–Trinajstić information content (AvgIpc) is 2.46. The van der Waals surface area contributed by atoms with Crippen LogP contribution in [0.2, 0.25) is 0 Å². The maximum absolute atomic E-state index is 6.49. The summed E-state index contributed by atoms with van der Waals surface area (Å²) in [7, 11) is 0. The van der Waals surface area contributed by atoms with Crippen molar-refractivity contribution < 1.29 is 4.74 Å². The molecule has 1 aliphatic carbocycles. The molecule has 1 heterocycles. The Kier molecular flexibility index (Phi) is 5.41. The molecule has 3 nitrogen and oxygen atoms in total. The Balaban J connectivity index is 2.06. The molecule has 20 heavy (non-hydrogen) atoms. The molecule has 112 valence electrons. The first-order valence-electron chi connectivity index (χ1n) is 7.97. The van der Waals surface area contributed by atoms with Gasteiger partial charge in [-0.25, -0.2) is 0 Å². The largest absolute Gasteiger partial charge is 0.489 e. The number of aromatic nitrogens is 1. The lowest BCUT2D eigenvalue weighted by atomic mass is 9.75. The Morgan fingerprint density at radius 3 is 2.85 bits per heavy atom.